The molecule has 6 heterocycles. The quantitative estimate of drug-likeness (QED) is 0.298. The average Bonchev–Trinajstić information content (AvgIpc) is 4.41. The highest BCUT2D eigenvalue weighted by atomic mass is 19.1. The van der Waals surface area contributed by atoms with Crippen LogP contribution in [0.1, 0.15) is 172 Å². The van der Waals surface area contributed by atoms with Crippen LogP contribution in [0.25, 0.3) is 0 Å². The Labute approximate surface area is 487 Å². The number of rotatable bonds is 7. The topological polar surface area (TPSA) is 276 Å². The van der Waals surface area contributed by atoms with E-state index in [1.807, 2.05) is 16.7 Å². The summed E-state index contributed by atoms with van der Waals surface area (Å²) in [4.78, 5) is 114. The summed E-state index contributed by atoms with van der Waals surface area (Å²) in [6, 6.07) is 0.525. The zero-order valence-corrected chi connectivity index (χ0v) is 51.7. The van der Waals surface area contributed by atoms with Gasteiger partial charge in [0.25, 0.3) is 0 Å². The number of likely N-dealkylation sites (tertiary alicyclic amines) is 4. The number of β-amino-alcohol motifs (C(OH)–C–C–N with tert-alkyl or cyclic N) is 1. The minimum absolute atomic E-state index is 0.0184. The normalized spacial score (nSPS) is 22.2. The first-order valence-electron chi connectivity index (χ1n) is 29.4. The van der Waals surface area contributed by atoms with Gasteiger partial charge in [0.15, 0.2) is 11.6 Å². The van der Waals surface area contributed by atoms with E-state index in [0.29, 0.717) is 69.9 Å². The lowest BCUT2D eigenvalue weighted by molar-refractivity contribution is -0.147. The fraction of sp³-hybridized carbons (Fsp3) is 0.831. The van der Waals surface area contributed by atoms with E-state index in [2.05, 4.69) is 10.1 Å². The summed E-state index contributed by atoms with van der Waals surface area (Å²) in [5.41, 5.74) is -1.30. The van der Waals surface area contributed by atoms with Gasteiger partial charge in [0.05, 0.1) is 38.4 Å². The van der Waals surface area contributed by atoms with Crippen LogP contribution in [0.5, 0.6) is 0 Å². The van der Waals surface area contributed by atoms with Crippen molar-refractivity contribution in [2.75, 3.05) is 106 Å². The minimum atomic E-state index is -0.889. The Kier molecular flexibility index (Phi) is 35.5. The van der Waals surface area contributed by atoms with E-state index >= 15 is 0 Å². The Bertz CT molecular complexity index is 1920. The number of nitrogens with zero attached hydrogens (tertiary/aromatic N) is 5. The summed E-state index contributed by atoms with van der Waals surface area (Å²) < 4.78 is 32.1. The maximum absolute atomic E-state index is 12.3. The number of nitrogens with one attached hydrogen (secondary N) is 1. The Morgan fingerprint density at radius 2 is 0.976 bits per heavy atom. The number of carbonyl (C=O) groups excluding carboxylic acids is 10. The highest BCUT2D eigenvalue weighted by Gasteiger charge is 2.49. The van der Waals surface area contributed by atoms with Gasteiger partial charge in [0.1, 0.15) is 23.2 Å². The van der Waals surface area contributed by atoms with Gasteiger partial charge in [-0.3, -0.25) is 47.9 Å². The Balaban J connectivity index is 0.000000456. The number of esters is 1. The standard InChI is InChI=1S/2C7H12O2.C6H10FNO.2C6H11NO2.C6H11NO.C6H10O2.2C5H9NO.C5H8O2/c1-6(8)7-2-4-9-5-3-7;1-3-7(4-5-7)6(8)9-2;1-5(9)8-3-2-6(7)4-8;1-6(8)7-2-4-9-5-3-7;1-5(8)7-3-2-6(9)4-7;1-6(8)7-4-2-3-5-7;1-5(7)6(8-2)3-4-6;1-5(7)6-3-2-4-6;1-4(7)6-5-2-3-5;1-4(6)5(7)2-3-5/h7H,2-5H2,1H3;3-5H2,1-2H3;6H,2-4H2,1H3;2-5H2,1H3;6,9H,2-4H2,1H3;2-5H2,1H3;3-4H2,1-2H3;2-4H2,1H3;5H,2-3H2,1H3,(H,6,7);7H,2-3H2,1H3/t;;6-;;6-;;;;;/m..0.1...../s1. The van der Waals surface area contributed by atoms with Crippen LogP contribution in [0.15, 0.2) is 0 Å². The Morgan fingerprint density at radius 3 is 1.15 bits per heavy atom. The largest absolute Gasteiger partial charge is 0.469 e. The highest BCUT2D eigenvalue weighted by molar-refractivity contribution is 5.88. The molecule has 22 nitrogen and oxygen atoms in total. The van der Waals surface area contributed by atoms with E-state index in [9.17, 15) is 52.3 Å². The van der Waals surface area contributed by atoms with Crippen molar-refractivity contribution in [3.63, 3.8) is 0 Å². The van der Waals surface area contributed by atoms with Crippen molar-refractivity contribution in [3.05, 3.63) is 0 Å². The molecule has 0 aromatic rings. The summed E-state index contributed by atoms with van der Waals surface area (Å²) in [6.45, 7) is 26.6. The molecule has 2 atom stereocenters. The highest BCUT2D eigenvalue weighted by Crippen LogP contribution is 2.49. The predicted molar refractivity (Wildman–Crippen MR) is 306 cm³/mol. The summed E-state index contributed by atoms with van der Waals surface area (Å²) in [7, 11) is 3.05. The first-order valence-corrected chi connectivity index (χ1v) is 29.4. The first kappa shape index (κ1) is 75.0. The molecule has 472 valence electrons. The summed E-state index contributed by atoms with van der Waals surface area (Å²) in [6.07, 6.45) is 14.1. The molecule has 4 aliphatic carbocycles. The van der Waals surface area contributed by atoms with Crippen LogP contribution < -0.4 is 5.32 Å². The molecule has 10 aliphatic rings. The third-order valence-corrected chi connectivity index (χ3v) is 15.5. The maximum atomic E-state index is 12.3. The van der Waals surface area contributed by atoms with Crippen molar-refractivity contribution in [2.24, 2.45) is 11.3 Å². The number of carbonyl (C=O) groups is 10. The van der Waals surface area contributed by atoms with E-state index in [4.69, 9.17) is 24.4 Å². The van der Waals surface area contributed by atoms with Gasteiger partial charge >= 0.3 is 5.97 Å². The van der Waals surface area contributed by atoms with E-state index in [1.54, 1.807) is 58.5 Å². The van der Waals surface area contributed by atoms with E-state index in [1.165, 1.54) is 64.9 Å². The van der Waals surface area contributed by atoms with Gasteiger partial charge < -0.3 is 59.0 Å². The predicted octanol–water partition coefficient (Wildman–Crippen LogP) is 4.40. The molecule has 10 fully saturated rings. The third-order valence-electron chi connectivity index (χ3n) is 15.5. The molecular weight excluding hydrogens is 1070 g/mol. The minimum Gasteiger partial charge on any atom is -0.469 e. The molecule has 82 heavy (non-hydrogen) atoms. The monoisotopic (exact) mass is 1170 g/mol. The Hall–Kier alpha value is -4.97. The zero-order valence-electron chi connectivity index (χ0n) is 51.7. The summed E-state index contributed by atoms with van der Waals surface area (Å²) in [5, 5.41) is 20.6. The summed E-state index contributed by atoms with van der Waals surface area (Å²) >= 11 is 0. The maximum Gasteiger partial charge on any atom is 0.311 e. The van der Waals surface area contributed by atoms with Crippen LogP contribution in [0.4, 0.5) is 4.39 Å². The van der Waals surface area contributed by atoms with Crippen molar-refractivity contribution >= 4 is 58.8 Å². The number of halogens is 1. The fourth-order valence-electron chi connectivity index (χ4n) is 8.55. The smallest absolute Gasteiger partial charge is 0.311 e. The van der Waals surface area contributed by atoms with Crippen molar-refractivity contribution in [1.82, 2.24) is 29.8 Å². The molecule has 6 aliphatic heterocycles. The van der Waals surface area contributed by atoms with Gasteiger partial charge in [-0.05, 0) is 124 Å². The van der Waals surface area contributed by atoms with Crippen LogP contribution >= 0.6 is 0 Å². The van der Waals surface area contributed by atoms with Gasteiger partial charge in [0.2, 0.25) is 35.4 Å². The number of aliphatic hydroxyl groups is 2. The van der Waals surface area contributed by atoms with Gasteiger partial charge in [0, 0.05) is 133 Å². The number of aliphatic hydroxyl groups excluding tert-OH is 1. The molecule has 3 N–H and O–H groups in total. The number of hydrogen-bond acceptors (Lipinski definition) is 16. The average molecular weight is 1170 g/mol. The van der Waals surface area contributed by atoms with E-state index < -0.39 is 11.8 Å². The van der Waals surface area contributed by atoms with Crippen molar-refractivity contribution in [1.29, 1.82) is 0 Å². The zero-order chi connectivity index (χ0) is 62.2. The molecule has 6 amide bonds. The van der Waals surface area contributed by atoms with Crippen LogP contribution in [0.2, 0.25) is 0 Å². The number of alkyl halides is 1. The third kappa shape index (κ3) is 31.6. The molecule has 23 heteroatoms. The van der Waals surface area contributed by atoms with Crippen molar-refractivity contribution in [3.8, 4) is 0 Å². The number of methoxy groups -OCH3 is 2. The van der Waals surface area contributed by atoms with Gasteiger partial charge in [-0.2, -0.15) is 0 Å². The SMILES string of the molecule is CC(=O)C1(O)CC1.CC(=O)C1CCOCC1.CC(=O)N1CCC1.CC(=O)N1CCCC1.CC(=O)N1CCOCC1.CC(=O)N1CC[C@@H](O)C1.CC(=O)N1CC[C@H](F)C1.CC(=O)NC1CC1.CCC1(C(=O)OC)CC1.COC1(C(C)=O)CC1. The number of hydrogen-bond donors (Lipinski definition) is 3. The van der Waals surface area contributed by atoms with E-state index in [-0.39, 0.29) is 70.1 Å². The first-order chi connectivity index (χ1) is 38.5. The number of Topliss-reactive ketones (excluding diaryl/α,β-unsaturated/α-hetero) is 3. The number of ether oxygens (including phenoxy) is 4. The second-order valence-corrected chi connectivity index (χ2v) is 22.4. The van der Waals surface area contributed by atoms with Gasteiger partial charge in [-0.25, -0.2) is 4.39 Å². The second-order valence-electron chi connectivity index (χ2n) is 22.4. The molecule has 0 spiro atoms. The van der Waals surface area contributed by atoms with Crippen molar-refractivity contribution < 1.29 is 81.5 Å². The molecule has 4 saturated carbocycles. The van der Waals surface area contributed by atoms with E-state index in [0.717, 1.165) is 110 Å². The van der Waals surface area contributed by atoms with Crippen LogP contribution in [0.3, 0.4) is 0 Å². The molecule has 0 unspecified atom stereocenters. The number of morpholine rings is 1. The van der Waals surface area contributed by atoms with Crippen LogP contribution in [-0.4, -0.2) is 229 Å². The molecule has 0 radical (unpaired) electrons. The van der Waals surface area contributed by atoms with Crippen LogP contribution in [-0.2, 0) is 66.9 Å². The summed E-state index contributed by atoms with van der Waals surface area (Å²) in [5.74, 6) is 1.39. The Morgan fingerprint density at radius 1 is 0.537 bits per heavy atom. The molecule has 0 aromatic carbocycles. The lowest BCUT2D eigenvalue weighted by Crippen LogP contribution is -2.40. The molecule has 10 rings (SSSR count). The fourth-order valence-corrected chi connectivity index (χ4v) is 8.55. The van der Waals surface area contributed by atoms with Gasteiger partial charge in [-0.1, -0.05) is 6.92 Å². The van der Waals surface area contributed by atoms with Gasteiger partial charge in [-0.15, -0.1) is 0 Å². The molecular formula is C59H103FN6O16. The molecule has 0 bridgehead atoms. The second kappa shape index (κ2) is 38.8. The number of amides is 6. The van der Waals surface area contributed by atoms with Crippen molar-refractivity contribution in [2.45, 2.75) is 201 Å². The lowest BCUT2D eigenvalue weighted by Gasteiger charge is -2.29. The molecule has 6 saturated heterocycles. The molecule has 0 aromatic heterocycles. The number of ketones is 3. The van der Waals surface area contributed by atoms with Crippen LogP contribution in [0, 0.1) is 11.3 Å². The lowest BCUT2D eigenvalue weighted by atomic mass is 9.97.